The molecule has 2 N–H and O–H groups in total. The third kappa shape index (κ3) is 5.99. The molecule has 0 saturated carbocycles. The summed E-state index contributed by atoms with van der Waals surface area (Å²) in [6, 6.07) is 27.9. The summed E-state index contributed by atoms with van der Waals surface area (Å²) >= 11 is 0. The van der Waals surface area contributed by atoms with Crippen LogP contribution in [0, 0.1) is 0 Å². The summed E-state index contributed by atoms with van der Waals surface area (Å²) < 4.78 is 0. The maximum atomic E-state index is 11.6. The van der Waals surface area contributed by atoms with Crippen molar-refractivity contribution in [2.75, 3.05) is 0 Å². The van der Waals surface area contributed by atoms with Gasteiger partial charge in [-0.15, -0.1) is 0 Å². The van der Waals surface area contributed by atoms with Crippen molar-refractivity contribution in [3.63, 3.8) is 0 Å². The number of hydrogen-bond donors (Lipinski definition) is 2. The van der Waals surface area contributed by atoms with Gasteiger partial charge in [0.2, 0.25) is 0 Å². The fourth-order valence-electron chi connectivity index (χ4n) is 6.44. The van der Waals surface area contributed by atoms with Gasteiger partial charge in [0.15, 0.2) is 0 Å². The van der Waals surface area contributed by atoms with E-state index >= 15 is 0 Å². The van der Waals surface area contributed by atoms with Gasteiger partial charge in [-0.25, -0.2) is 9.97 Å². The number of rotatable bonds is 10. The van der Waals surface area contributed by atoms with Gasteiger partial charge in [-0.1, -0.05) is 51.0 Å². The second kappa shape index (κ2) is 13.2. The van der Waals surface area contributed by atoms with Crippen LogP contribution in [0.4, 0.5) is 0 Å². The van der Waals surface area contributed by atoms with Gasteiger partial charge in [0, 0.05) is 41.1 Å². The maximum absolute atomic E-state index is 11.6. The second-order valence-electron chi connectivity index (χ2n) is 12.3. The molecule has 0 aliphatic heterocycles. The van der Waals surface area contributed by atoms with E-state index in [2.05, 4.69) is 48.1 Å². The summed E-state index contributed by atoms with van der Waals surface area (Å²) in [6.07, 6.45) is 10.3. The van der Waals surface area contributed by atoms with Crippen LogP contribution in [0.25, 0.3) is 56.4 Å². The van der Waals surface area contributed by atoms with Gasteiger partial charge in [0.05, 0.1) is 34.2 Å². The fourth-order valence-corrected chi connectivity index (χ4v) is 6.44. The lowest BCUT2D eigenvalue weighted by Gasteiger charge is -2.14. The third-order valence-corrected chi connectivity index (χ3v) is 8.97. The van der Waals surface area contributed by atoms with Crippen LogP contribution in [0.1, 0.15) is 61.8 Å². The van der Waals surface area contributed by atoms with E-state index in [4.69, 9.17) is 9.97 Å². The topological polar surface area (TPSA) is 92.0 Å². The van der Waals surface area contributed by atoms with Crippen molar-refractivity contribution in [1.82, 2.24) is 19.9 Å². The average Bonchev–Trinajstić information content (AvgIpc) is 3.48. The molecule has 0 amide bonds. The number of phenolic OH excluding ortho intramolecular Hbond substituents is 2. The molecule has 47 heavy (non-hydrogen) atoms. The van der Waals surface area contributed by atoms with Crippen molar-refractivity contribution in [3.8, 4) is 67.9 Å². The first-order valence-corrected chi connectivity index (χ1v) is 16.6. The molecule has 0 spiro atoms. The zero-order valence-electron chi connectivity index (χ0n) is 26.9. The predicted molar refractivity (Wildman–Crippen MR) is 188 cm³/mol. The van der Waals surface area contributed by atoms with E-state index in [0.29, 0.717) is 33.6 Å². The fraction of sp³-hybridized carbons (Fsp3) is 0.220. The van der Waals surface area contributed by atoms with Crippen LogP contribution < -0.4 is 0 Å². The number of fused-ring (bicyclic) bond motifs is 3. The van der Waals surface area contributed by atoms with Crippen molar-refractivity contribution in [3.05, 3.63) is 120 Å². The van der Waals surface area contributed by atoms with Gasteiger partial charge >= 0.3 is 0 Å². The van der Waals surface area contributed by atoms with Gasteiger partial charge < -0.3 is 10.2 Å². The largest absolute Gasteiger partial charge is 0.507 e. The number of aromatic nitrogens is 4. The molecule has 0 atom stereocenters. The molecule has 7 rings (SSSR count). The maximum Gasteiger partial charge on any atom is 0.134 e. The first-order valence-electron chi connectivity index (χ1n) is 16.6. The van der Waals surface area contributed by atoms with Gasteiger partial charge in [-0.3, -0.25) is 9.97 Å². The van der Waals surface area contributed by atoms with Gasteiger partial charge in [-0.05, 0) is 109 Å². The minimum Gasteiger partial charge on any atom is -0.507 e. The molecular weight excluding hydrogens is 580 g/mol. The van der Waals surface area contributed by atoms with Crippen LogP contribution in [0.2, 0.25) is 0 Å². The number of hydrogen-bond acceptors (Lipinski definition) is 6. The molecule has 6 nitrogen and oxygen atoms in total. The molecule has 0 unspecified atom stereocenters. The number of aryl methyl sites for hydroxylation is 2. The van der Waals surface area contributed by atoms with Crippen molar-refractivity contribution in [2.45, 2.75) is 58.8 Å². The summed E-state index contributed by atoms with van der Waals surface area (Å²) in [4.78, 5) is 19.4. The summed E-state index contributed by atoms with van der Waals surface area (Å²) in [6.45, 7) is 4.37. The Morgan fingerprint density at radius 1 is 0.532 bits per heavy atom. The Bertz CT molecular complexity index is 1910. The van der Waals surface area contributed by atoms with Crippen molar-refractivity contribution in [2.24, 2.45) is 0 Å². The molecule has 234 valence electrons. The zero-order chi connectivity index (χ0) is 32.3. The van der Waals surface area contributed by atoms with Crippen LogP contribution in [0.15, 0.2) is 97.3 Å². The van der Waals surface area contributed by atoms with Crippen LogP contribution >= 0.6 is 0 Å². The molecule has 1 aliphatic rings. The lowest BCUT2D eigenvalue weighted by Crippen LogP contribution is -1.96. The highest BCUT2D eigenvalue weighted by atomic mass is 16.3. The highest BCUT2D eigenvalue weighted by Crippen LogP contribution is 2.43. The Labute approximate surface area is 275 Å². The highest BCUT2D eigenvalue weighted by molar-refractivity contribution is 5.84. The van der Waals surface area contributed by atoms with Gasteiger partial charge in [0.1, 0.15) is 11.5 Å². The minimum atomic E-state index is 0.173. The van der Waals surface area contributed by atoms with E-state index in [0.717, 1.165) is 90.0 Å². The summed E-state index contributed by atoms with van der Waals surface area (Å²) in [7, 11) is 0. The normalized spacial score (nSPS) is 11.8. The Hall–Kier alpha value is -5.36. The van der Waals surface area contributed by atoms with Crippen LogP contribution in [0.5, 0.6) is 11.5 Å². The molecular formula is C41H38N4O2. The summed E-state index contributed by atoms with van der Waals surface area (Å²) in [5.41, 5.74) is 11.7. The molecule has 0 fully saturated rings. The van der Waals surface area contributed by atoms with Crippen LogP contribution in [-0.4, -0.2) is 30.1 Å². The van der Waals surface area contributed by atoms with E-state index in [9.17, 15) is 10.2 Å². The Kier molecular flexibility index (Phi) is 8.49. The molecule has 2 aromatic carbocycles. The molecule has 4 aromatic heterocycles. The number of benzene rings is 2. The Morgan fingerprint density at radius 2 is 0.957 bits per heavy atom. The number of unbranched alkanes of at least 4 members (excludes halogenated alkanes) is 2. The third-order valence-electron chi connectivity index (χ3n) is 8.97. The minimum absolute atomic E-state index is 0.173. The van der Waals surface area contributed by atoms with Gasteiger partial charge in [0.25, 0.3) is 0 Å². The molecule has 6 aromatic rings. The Balaban J connectivity index is 1.33. The average molecular weight is 619 g/mol. The Morgan fingerprint density at radius 3 is 1.34 bits per heavy atom. The van der Waals surface area contributed by atoms with Gasteiger partial charge in [-0.2, -0.15) is 0 Å². The lowest BCUT2D eigenvalue weighted by molar-refractivity contribution is 0.478. The van der Waals surface area contributed by atoms with E-state index in [1.807, 2.05) is 60.7 Å². The van der Waals surface area contributed by atoms with Crippen LogP contribution in [0.3, 0.4) is 0 Å². The first kappa shape index (κ1) is 30.3. The molecule has 0 saturated heterocycles. The predicted octanol–water partition coefficient (Wildman–Crippen LogP) is 9.60. The molecule has 0 radical (unpaired) electrons. The molecule has 1 aliphatic carbocycles. The standard InChI is InChI=1S/C41H38N4O2/c1-3-5-11-26-21-30(34-13-7-9-19-42-34)40(46)32(23-26)36-17-15-28-25-29-16-18-37(45-39(29)38(28)44-36)33-24-27(12-6-4-2)22-31(41(33)47)35-14-8-10-20-43-35/h7-10,13-24,46-47H,3-6,11-12,25H2,1-2H3. The molecule has 4 heterocycles. The number of aromatic hydroxyl groups is 2. The molecule has 6 heteroatoms. The number of nitrogens with zero attached hydrogens (tertiary/aromatic N) is 4. The van der Waals surface area contributed by atoms with E-state index < -0.39 is 0 Å². The second-order valence-corrected chi connectivity index (χ2v) is 12.3. The highest BCUT2D eigenvalue weighted by Gasteiger charge is 2.25. The van der Waals surface area contributed by atoms with E-state index in [-0.39, 0.29) is 11.5 Å². The number of pyridine rings is 4. The lowest BCUT2D eigenvalue weighted by atomic mass is 9.96. The summed E-state index contributed by atoms with van der Waals surface area (Å²) in [5.74, 6) is 0.347. The summed E-state index contributed by atoms with van der Waals surface area (Å²) in [5, 5.41) is 23.2. The van der Waals surface area contributed by atoms with Crippen molar-refractivity contribution < 1.29 is 10.2 Å². The SMILES string of the molecule is CCCCc1cc(-c2ccccn2)c(O)c(-c2ccc3c(n2)-c2nc(-c4cc(CCCC)cc(-c5ccccn5)c4O)ccc2C3)c1. The van der Waals surface area contributed by atoms with E-state index in [1.165, 1.54) is 0 Å². The smallest absolute Gasteiger partial charge is 0.134 e. The van der Waals surface area contributed by atoms with Crippen molar-refractivity contribution >= 4 is 0 Å². The first-order chi connectivity index (χ1) is 23.0. The van der Waals surface area contributed by atoms with E-state index in [1.54, 1.807) is 12.4 Å². The number of phenols is 2. The zero-order valence-corrected chi connectivity index (χ0v) is 26.9. The molecule has 0 bridgehead atoms. The monoisotopic (exact) mass is 618 g/mol. The van der Waals surface area contributed by atoms with Crippen molar-refractivity contribution in [1.29, 1.82) is 0 Å². The van der Waals surface area contributed by atoms with Crippen LogP contribution in [-0.2, 0) is 19.3 Å². The quantitative estimate of drug-likeness (QED) is 0.159.